The van der Waals surface area contributed by atoms with Gasteiger partial charge in [0.1, 0.15) is 0 Å². The fraction of sp³-hybridized carbons (Fsp3) is 0.595. The molecule has 1 aliphatic carbocycles. The van der Waals surface area contributed by atoms with Gasteiger partial charge in [-0.1, -0.05) is 92.2 Å². The number of nitrogens with zero attached hydrogens (tertiary/aromatic N) is 4. The van der Waals surface area contributed by atoms with Crippen LogP contribution >= 0.6 is 0 Å². The summed E-state index contributed by atoms with van der Waals surface area (Å²) in [6.45, 7) is 20.6. The number of hydrogen-bond acceptors (Lipinski definition) is 3. The van der Waals surface area contributed by atoms with Gasteiger partial charge in [-0.05, 0) is 75.9 Å². The van der Waals surface area contributed by atoms with Crippen molar-refractivity contribution in [2.24, 2.45) is 0 Å². The molecule has 4 nitrogen and oxygen atoms in total. The normalized spacial score (nSPS) is 12.4. The Bertz CT molecular complexity index is 1110. The minimum absolute atomic E-state index is 0. The zero-order valence-electron chi connectivity index (χ0n) is 33.2. The van der Waals surface area contributed by atoms with Gasteiger partial charge in [-0.25, -0.2) is 0 Å². The molecule has 0 aromatic heterocycles. The summed E-state index contributed by atoms with van der Waals surface area (Å²) in [7, 11) is 0. The standard InChI is InChI=1S/C42H67N4.6FH.Sb/c1-7-13-31-43(32-14-8-2)37-19-25-40(26-20-37)46(41-27-21-38(22-28-41)44(33-15-9-3)34-16-10-4)42-29-23-39(24-30-42)45(35-17-11-5)36-18-12-6;;;;;;;/h19-30,37H,7-18,31-36H2,1-6H3;6*1H;/q+1;;;;;;;+5/p-6. The van der Waals surface area contributed by atoms with Crippen molar-refractivity contribution >= 4 is 52.9 Å². The van der Waals surface area contributed by atoms with E-state index in [2.05, 4.69) is 134 Å². The number of rotatable bonds is 23. The fourth-order valence-corrected chi connectivity index (χ4v) is 6.25. The molecule has 0 bridgehead atoms. The van der Waals surface area contributed by atoms with E-state index >= 15 is 0 Å². The number of halogens is 6. The minimum atomic E-state index is 0. The molecule has 11 heteroatoms. The maximum atomic E-state index is 2.66. The van der Waals surface area contributed by atoms with Crippen LogP contribution in [0.25, 0.3) is 0 Å². The molecular weight excluding hydrogens is 796 g/mol. The third kappa shape index (κ3) is 19.6. The average molecular weight is 864 g/mol. The quantitative estimate of drug-likeness (QED) is 0.0628. The zero-order valence-corrected chi connectivity index (χ0v) is 35.8. The van der Waals surface area contributed by atoms with Crippen LogP contribution in [0.2, 0.25) is 0 Å². The van der Waals surface area contributed by atoms with E-state index in [1.54, 1.807) is 0 Å². The van der Waals surface area contributed by atoms with Gasteiger partial charge in [-0.3, -0.25) is 4.90 Å². The summed E-state index contributed by atoms with van der Waals surface area (Å²) in [5.74, 6) is 0. The summed E-state index contributed by atoms with van der Waals surface area (Å²) in [5.41, 5.74) is 6.34. The van der Waals surface area contributed by atoms with Crippen molar-refractivity contribution in [1.82, 2.24) is 9.48 Å². The van der Waals surface area contributed by atoms with Crippen molar-refractivity contribution in [2.75, 3.05) is 49.1 Å². The van der Waals surface area contributed by atoms with Crippen LogP contribution in [-0.2, 0) is 0 Å². The molecule has 0 radical (unpaired) electrons. The van der Waals surface area contributed by atoms with E-state index in [0.717, 1.165) is 39.3 Å². The molecule has 0 heterocycles. The number of benzene rings is 2. The first kappa shape index (κ1) is 59.8. The first-order valence-corrected chi connectivity index (χ1v) is 19.1. The van der Waals surface area contributed by atoms with Gasteiger partial charge in [0, 0.05) is 80.0 Å². The van der Waals surface area contributed by atoms with Gasteiger partial charge in [-0.2, -0.15) is 4.58 Å². The van der Waals surface area contributed by atoms with Gasteiger partial charge < -0.3 is 38.0 Å². The van der Waals surface area contributed by atoms with Crippen molar-refractivity contribution in [2.45, 2.75) is 125 Å². The number of allylic oxidation sites excluding steroid dienone is 2. The second-order valence-corrected chi connectivity index (χ2v) is 13.1. The largest absolute Gasteiger partial charge is 5.00 e. The van der Waals surface area contributed by atoms with Gasteiger partial charge >= 0.3 is 24.4 Å². The Morgan fingerprint density at radius 3 is 1.00 bits per heavy atom. The average Bonchev–Trinajstić information content (AvgIpc) is 3.10. The third-order valence-electron chi connectivity index (χ3n) is 9.28. The van der Waals surface area contributed by atoms with E-state index in [4.69, 9.17) is 0 Å². The summed E-state index contributed by atoms with van der Waals surface area (Å²) in [4.78, 5) is 7.82. The van der Waals surface area contributed by atoms with Crippen molar-refractivity contribution in [3.8, 4) is 0 Å². The summed E-state index contributed by atoms with van der Waals surface area (Å²) < 4.78 is 2.45. The van der Waals surface area contributed by atoms with Gasteiger partial charge in [-0.15, -0.1) is 0 Å². The van der Waals surface area contributed by atoms with Crippen molar-refractivity contribution in [3.63, 3.8) is 0 Å². The van der Waals surface area contributed by atoms with E-state index in [1.165, 1.54) is 106 Å². The predicted molar refractivity (Wildman–Crippen MR) is 213 cm³/mol. The van der Waals surface area contributed by atoms with Crippen LogP contribution in [0.15, 0.2) is 72.8 Å². The summed E-state index contributed by atoms with van der Waals surface area (Å²) >= 11 is 0. The number of anilines is 2. The van der Waals surface area contributed by atoms with Crippen LogP contribution in [0.1, 0.15) is 119 Å². The van der Waals surface area contributed by atoms with E-state index in [0.29, 0.717) is 6.04 Å². The molecule has 2 aromatic carbocycles. The molecule has 302 valence electrons. The molecule has 0 amide bonds. The maximum absolute atomic E-state index is 2.66. The van der Waals surface area contributed by atoms with Crippen molar-refractivity contribution in [3.05, 3.63) is 72.8 Å². The van der Waals surface area contributed by atoms with E-state index in [-0.39, 0.29) is 52.7 Å². The predicted octanol–water partition coefficient (Wildman–Crippen LogP) is -7.18. The topological polar surface area (TPSA) is 12.7 Å². The first-order valence-electron chi connectivity index (χ1n) is 19.1. The molecular formula is C42H67F6N4Sb. The summed E-state index contributed by atoms with van der Waals surface area (Å²) in [5, 5.41) is 0. The van der Waals surface area contributed by atoms with Gasteiger partial charge in [0.15, 0.2) is 0 Å². The van der Waals surface area contributed by atoms with Gasteiger partial charge in [0.2, 0.25) is 17.1 Å². The summed E-state index contributed by atoms with van der Waals surface area (Å²) in [6.07, 6.45) is 24.4. The minimum Gasteiger partial charge on any atom is -1.00 e. The molecule has 0 spiro atoms. The molecule has 53 heavy (non-hydrogen) atoms. The Labute approximate surface area is 335 Å². The smallest absolute Gasteiger partial charge is 1.00 e. The Hall–Kier alpha value is -2.45. The van der Waals surface area contributed by atoms with Crippen LogP contribution in [0.4, 0.5) is 22.7 Å². The van der Waals surface area contributed by atoms with Crippen molar-refractivity contribution in [1.29, 1.82) is 0 Å². The third-order valence-corrected chi connectivity index (χ3v) is 9.28. The molecule has 0 saturated heterocycles. The maximum Gasteiger partial charge on any atom is 5.00 e. The Morgan fingerprint density at radius 1 is 0.434 bits per heavy atom. The zero-order chi connectivity index (χ0) is 33.0. The molecule has 0 saturated carbocycles. The molecule has 0 atom stereocenters. The summed E-state index contributed by atoms with van der Waals surface area (Å²) in [6, 6.07) is 19.1. The Morgan fingerprint density at radius 2 is 0.717 bits per heavy atom. The Balaban J connectivity index is -0.00000110. The monoisotopic (exact) mass is 862 g/mol. The van der Waals surface area contributed by atoms with E-state index in [9.17, 15) is 0 Å². The van der Waals surface area contributed by atoms with Crippen LogP contribution in [0.3, 0.4) is 0 Å². The van der Waals surface area contributed by atoms with E-state index in [1.807, 2.05) is 0 Å². The SMILES string of the molecule is CCCCN(CCCC)c1ccc([N+](=C2C=CC(N(CCCC)CCCC)C=C2)c2ccc(N(CCCC)CCCC)cc2)cc1.[F-].[F-].[F-].[F-].[F-].[F-].[Sb+5]. The van der Waals surface area contributed by atoms with Crippen LogP contribution in [0.5, 0.6) is 0 Å². The van der Waals surface area contributed by atoms with Crippen molar-refractivity contribution < 1.29 is 28.2 Å². The second-order valence-electron chi connectivity index (χ2n) is 13.1. The molecule has 1 aliphatic rings. The Kier molecular flexibility index (Phi) is 39.8. The molecule has 2 aromatic rings. The van der Waals surface area contributed by atoms with Gasteiger partial charge in [0.25, 0.3) is 0 Å². The molecule has 0 fully saturated rings. The second kappa shape index (κ2) is 35.3. The fourth-order valence-electron chi connectivity index (χ4n) is 6.25. The molecule has 0 aliphatic heterocycles. The number of unbranched alkanes of at least 4 members (excludes halogenated alkanes) is 6. The van der Waals surface area contributed by atoms with Crippen LogP contribution in [-0.4, -0.2) is 80.3 Å². The molecule has 0 N–H and O–H groups in total. The first-order chi connectivity index (χ1) is 22.6. The molecule has 3 rings (SSSR count). The van der Waals surface area contributed by atoms with Gasteiger partial charge in [0.05, 0.1) is 0 Å². The van der Waals surface area contributed by atoms with Crippen LogP contribution < -0.4 is 42.6 Å². The van der Waals surface area contributed by atoms with Crippen LogP contribution in [0, 0.1) is 0 Å². The van der Waals surface area contributed by atoms with E-state index < -0.39 is 0 Å². The molecule has 0 unspecified atom stereocenters. The number of hydrogen-bond donors (Lipinski definition) is 0.